The molecule has 6 heteroatoms. The summed E-state index contributed by atoms with van der Waals surface area (Å²) in [5.41, 5.74) is 2.03. The molecule has 0 unspecified atom stereocenters. The Bertz CT molecular complexity index is 859. The van der Waals surface area contributed by atoms with Crippen molar-refractivity contribution in [1.29, 1.82) is 0 Å². The molecule has 0 saturated heterocycles. The van der Waals surface area contributed by atoms with Crippen molar-refractivity contribution in [3.8, 4) is 16.9 Å². The first kappa shape index (κ1) is 15.1. The Morgan fingerprint density at radius 3 is 2.79 bits per heavy atom. The van der Waals surface area contributed by atoms with Crippen molar-refractivity contribution in [3.05, 3.63) is 59.4 Å². The third-order valence-corrected chi connectivity index (χ3v) is 4.52. The first-order valence-corrected chi connectivity index (χ1v) is 8.31. The molecule has 0 amide bonds. The van der Waals surface area contributed by atoms with Gasteiger partial charge in [-0.15, -0.1) is 10.2 Å². The van der Waals surface area contributed by atoms with Gasteiger partial charge in [-0.25, -0.2) is 0 Å². The van der Waals surface area contributed by atoms with Gasteiger partial charge in [0.15, 0.2) is 5.82 Å². The summed E-state index contributed by atoms with van der Waals surface area (Å²) in [4.78, 5) is 4.13. The lowest BCUT2D eigenvalue weighted by Gasteiger charge is -2.10. The fourth-order valence-electron chi connectivity index (χ4n) is 2.67. The molecule has 0 spiro atoms. The standard InChI is InChI=1S/C18H17ClN4O/c1-23-17(21-22-18(23)12-4-5-12)11-24-16-7-6-13(9-15(16)19)14-3-2-8-20-10-14/h2-3,6-10,12H,4-5,11H2,1H3. The molecule has 122 valence electrons. The SMILES string of the molecule is Cn1c(COc2ccc(-c3cccnc3)cc2Cl)nnc1C1CC1. The molecule has 0 radical (unpaired) electrons. The molecule has 1 fully saturated rings. The molecule has 1 saturated carbocycles. The predicted molar refractivity (Wildman–Crippen MR) is 92.0 cm³/mol. The van der Waals surface area contributed by atoms with Gasteiger partial charge in [-0.1, -0.05) is 23.7 Å². The van der Waals surface area contributed by atoms with Crippen LogP contribution in [0.5, 0.6) is 5.75 Å². The second kappa shape index (κ2) is 6.24. The number of hydrogen-bond acceptors (Lipinski definition) is 4. The van der Waals surface area contributed by atoms with Crippen LogP contribution in [0.2, 0.25) is 5.02 Å². The summed E-state index contributed by atoms with van der Waals surface area (Å²) in [7, 11) is 1.99. The van der Waals surface area contributed by atoms with Gasteiger partial charge in [-0.3, -0.25) is 4.98 Å². The number of hydrogen-bond donors (Lipinski definition) is 0. The molecular weight excluding hydrogens is 324 g/mol. The van der Waals surface area contributed by atoms with Gasteiger partial charge < -0.3 is 9.30 Å². The van der Waals surface area contributed by atoms with Crippen LogP contribution in [0.25, 0.3) is 11.1 Å². The molecule has 2 aromatic heterocycles. The van der Waals surface area contributed by atoms with Crippen LogP contribution < -0.4 is 4.74 Å². The summed E-state index contributed by atoms with van der Waals surface area (Å²) >= 11 is 6.36. The lowest BCUT2D eigenvalue weighted by molar-refractivity contribution is 0.291. The number of aromatic nitrogens is 4. The Kier molecular flexibility index (Phi) is 3.94. The van der Waals surface area contributed by atoms with E-state index < -0.39 is 0 Å². The highest BCUT2D eigenvalue weighted by molar-refractivity contribution is 6.32. The minimum atomic E-state index is 0.349. The zero-order valence-electron chi connectivity index (χ0n) is 13.3. The van der Waals surface area contributed by atoms with E-state index in [1.807, 2.05) is 48.1 Å². The average molecular weight is 341 g/mol. The highest BCUT2D eigenvalue weighted by Gasteiger charge is 2.29. The van der Waals surface area contributed by atoms with E-state index in [0.717, 1.165) is 22.8 Å². The minimum Gasteiger partial charge on any atom is -0.484 e. The summed E-state index contributed by atoms with van der Waals surface area (Å²) in [6.07, 6.45) is 5.97. The van der Waals surface area contributed by atoms with Crippen LogP contribution in [0.3, 0.4) is 0 Å². The second-order valence-electron chi connectivity index (χ2n) is 5.98. The van der Waals surface area contributed by atoms with Gasteiger partial charge in [-0.05, 0) is 36.6 Å². The third kappa shape index (κ3) is 2.99. The highest BCUT2D eigenvalue weighted by Crippen LogP contribution is 2.39. The quantitative estimate of drug-likeness (QED) is 0.704. The first-order valence-electron chi connectivity index (χ1n) is 7.93. The Morgan fingerprint density at radius 2 is 2.08 bits per heavy atom. The minimum absolute atomic E-state index is 0.349. The number of halogens is 1. The Balaban J connectivity index is 1.49. The largest absolute Gasteiger partial charge is 0.484 e. The fraction of sp³-hybridized carbons (Fsp3) is 0.278. The zero-order valence-corrected chi connectivity index (χ0v) is 14.1. The van der Waals surface area contributed by atoms with Gasteiger partial charge in [0.1, 0.15) is 18.2 Å². The molecule has 3 aromatic rings. The molecular formula is C18H17ClN4O. The number of nitrogens with zero attached hydrogens (tertiary/aromatic N) is 4. The Morgan fingerprint density at radius 1 is 1.21 bits per heavy atom. The van der Waals surface area contributed by atoms with Gasteiger partial charge in [0, 0.05) is 30.9 Å². The van der Waals surface area contributed by atoms with Crippen molar-refractivity contribution in [1.82, 2.24) is 19.7 Å². The fourth-order valence-corrected chi connectivity index (χ4v) is 2.91. The second-order valence-corrected chi connectivity index (χ2v) is 6.39. The normalized spacial score (nSPS) is 13.9. The van der Waals surface area contributed by atoms with Crippen molar-refractivity contribution in [2.45, 2.75) is 25.4 Å². The van der Waals surface area contributed by atoms with Gasteiger partial charge in [0.25, 0.3) is 0 Å². The van der Waals surface area contributed by atoms with Crippen LogP contribution in [0.15, 0.2) is 42.7 Å². The van der Waals surface area contributed by atoms with E-state index in [1.165, 1.54) is 12.8 Å². The summed E-state index contributed by atoms with van der Waals surface area (Å²) < 4.78 is 7.86. The molecule has 0 N–H and O–H groups in total. The smallest absolute Gasteiger partial charge is 0.170 e. The van der Waals surface area contributed by atoms with E-state index in [1.54, 1.807) is 6.20 Å². The number of benzene rings is 1. The molecule has 1 aliphatic carbocycles. The molecule has 1 aromatic carbocycles. The van der Waals surface area contributed by atoms with E-state index in [2.05, 4.69) is 15.2 Å². The van der Waals surface area contributed by atoms with Crippen molar-refractivity contribution in [2.75, 3.05) is 0 Å². The molecule has 0 atom stereocenters. The maximum atomic E-state index is 6.36. The molecule has 4 rings (SSSR count). The highest BCUT2D eigenvalue weighted by atomic mass is 35.5. The van der Waals surface area contributed by atoms with E-state index in [0.29, 0.717) is 23.3 Å². The van der Waals surface area contributed by atoms with Crippen LogP contribution in [0.4, 0.5) is 0 Å². The lowest BCUT2D eigenvalue weighted by Crippen LogP contribution is -2.05. The van der Waals surface area contributed by atoms with E-state index in [4.69, 9.17) is 16.3 Å². The Hall–Kier alpha value is -2.40. The lowest BCUT2D eigenvalue weighted by atomic mass is 10.1. The van der Waals surface area contributed by atoms with Crippen LogP contribution in [0.1, 0.15) is 30.4 Å². The molecule has 24 heavy (non-hydrogen) atoms. The third-order valence-electron chi connectivity index (χ3n) is 4.22. The van der Waals surface area contributed by atoms with Gasteiger partial charge >= 0.3 is 0 Å². The molecule has 5 nitrogen and oxygen atoms in total. The predicted octanol–water partition coefficient (Wildman–Crippen LogP) is 3.99. The number of rotatable bonds is 5. The summed E-state index contributed by atoms with van der Waals surface area (Å²) in [6.45, 7) is 0.349. The van der Waals surface area contributed by atoms with E-state index >= 15 is 0 Å². The molecule has 1 aliphatic rings. The topological polar surface area (TPSA) is 52.8 Å². The number of pyridine rings is 1. The molecule has 2 heterocycles. The first-order chi connectivity index (χ1) is 11.7. The maximum absolute atomic E-state index is 6.36. The van der Waals surface area contributed by atoms with Crippen LogP contribution >= 0.6 is 11.6 Å². The summed E-state index contributed by atoms with van der Waals surface area (Å²) in [5.74, 6) is 3.06. The van der Waals surface area contributed by atoms with Crippen molar-refractivity contribution < 1.29 is 4.74 Å². The number of ether oxygens (including phenoxy) is 1. The van der Waals surface area contributed by atoms with Gasteiger partial charge in [0.2, 0.25) is 0 Å². The summed E-state index contributed by atoms with van der Waals surface area (Å²) in [5, 5.41) is 9.05. The molecule has 0 bridgehead atoms. The zero-order chi connectivity index (χ0) is 16.5. The van der Waals surface area contributed by atoms with Crippen molar-refractivity contribution >= 4 is 11.6 Å². The van der Waals surface area contributed by atoms with Gasteiger partial charge in [0.05, 0.1) is 5.02 Å². The van der Waals surface area contributed by atoms with Crippen LogP contribution in [-0.4, -0.2) is 19.7 Å². The van der Waals surface area contributed by atoms with Crippen molar-refractivity contribution in [2.24, 2.45) is 7.05 Å². The Labute approximate surface area is 145 Å². The molecule has 0 aliphatic heterocycles. The van der Waals surface area contributed by atoms with Crippen LogP contribution in [-0.2, 0) is 13.7 Å². The van der Waals surface area contributed by atoms with Gasteiger partial charge in [-0.2, -0.15) is 0 Å². The average Bonchev–Trinajstić information content (AvgIpc) is 3.38. The van der Waals surface area contributed by atoms with E-state index in [9.17, 15) is 0 Å². The monoisotopic (exact) mass is 340 g/mol. The van der Waals surface area contributed by atoms with E-state index in [-0.39, 0.29) is 0 Å². The van der Waals surface area contributed by atoms with Crippen molar-refractivity contribution in [3.63, 3.8) is 0 Å². The summed E-state index contributed by atoms with van der Waals surface area (Å²) in [6, 6.07) is 9.64. The van der Waals surface area contributed by atoms with Crippen LogP contribution in [0, 0.1) is 0 Å². The maximum Gasteiger partial charge on any atom is 0.170 e.